The zero-order chi connectivity index (χ0) is 10.9. The van der Waals surface area contributed by atoms with Crippen molar-refractivity contribution in [3.8, 4) is 0 Å². The number of fused-ring (bicyclic) bond motifs is 1. The number of hydroxylamine groups is 1. The molecule has 0 saturated carbocycles. The molecule has 86 valence electrons. The summed E-state index contributed by atoms with van der Waals surface area (Å²) in [5.74, 6) is 0.0614. The SMILES string of the molecule is CON[C@H]1CCCN2C(=O)CCCC12O. The first kappa shape index (κ1) is 10.9. The Labute approximate surface area is 89.3 Å². The maximum absolute atomic E-state index is 11.7. The minimum Gasteiger partial charge on any atom is -0.369 e. The molecule has 5 heteroatoms. The molecule has 2 fully saturated rings. The van der Waals surface area contributed by atoms with E-state index in [0.717, 1.165) is 19.3 Å². The zero-order valence-electron chi connectivity index (χ0n) is 9.03. The van der Waals surface area contributed by atoms with Crippen molar-refractivity contribution in [2.45, 2.75) is 43.9 Å². The van der Waals surface area contributed by atoms with Crippen LogP contribution in [-0.2, 0) is 9.63 Å². The van der Waals surface area contributed by atoms with Gasteiger partial charge in [-0.3, -0.25) is 4.79 Å². The van der Waals surface area contributed by atoms with E-state index in [-0.39, 0.29) is 11.9 Å². The lowest BCUT2D eigenvalue weighted by Crippen LogP contribution is -2.67. The topological polar surface area (TPSA) is 61.8 Å². The van der Waals surface area contributed by atoms with E-state index in [2.05, 4.69) is 5.48 Å². The second-order valence-electron chi connectivity index (χ2n) is 4.29. The van der Waals surface area contributed by atoms with Crippen molar-refractivity contribution in [3.63, 3.8) is 0 Å². The Bertz CT molecular complexity index is 257. The average molecular weight is 214 g/mol. The van der Waals surface area contributed by atoms with Gasteiger partial charge in [0.15, 0.2) is 5.72 Å². The van der Waals surface area contributed by atoms with Gasteiger partial charge in [-0.15, -0.1) is 0 Å². The van der Waals surface area contributed by atoms with Gasteiger partial charge in [0.2, 0.25) is 5.91 Å². The highest BCUT2D eigenvalue weighted by atomic mass is 16.6. The molecule has 0 aromatic rings. The van der Waals surface area contributed by atoms with E-state index in [4.69, 9.17) is 4.84 Å². The van der Waals surface area contributed by atoms with Gasteiger partial charge in [-0.05, 0) is 25.7 Å². The summed E-state index contributed by atoms with van der Waals surface area (Å²) in [6.07, 6.45) is 3.71. The minimum atomic E-state index is -1.04. The smallest absolute Gasteiger partial charge is 0.224 e. The number of aliphatic hydroxyl groups is 1. The van der Waals surface area contributed by atoms with Gasteiger partial charge in [0, 0.05) is 13.0 Å². The van der Waals surface area contributed by atoms with Crippen LogP contribution in [0.15, 0.2) is 0 Å². The molecular weight excluding hydrogens is 196 g/mol. The highest BCUT2D eigenvalue weighted by Gasteiger charge is 2.48. The summed E-state index contributed by atoms with van der Waals surface area (Å²) in [6, 6.07) is -0.166. The van der Waals surface area contributed by atoms with E-state index >= 15 is 0 Å². The summed E-state index contributed by atoms with van der Waals surface area (Å²) in [6.45, 7) is 0.664. The number of hydrogen-bond donors (Lipinski definition) is 2. The van der Waals surface area contributed by atoms with Gasteiger partial charge in [0.25, 0.3) is 0 Å². The molecule has 0 radical (unpaired) electrons. The molecule has 2 rings (SSSR count). The third-order valence-electron chi connectivity index (χ3n) is 3.40. The number of rotatable bonds is 2. The fraction of sp³-hybridized carbons (Fsp3) is 0.900. The van der Waals surface area contributed by atoms with Crippen molar-refractivity contribution in [1.82, 2.24) is 10.4 Å². The van der Waals surface area contributed by atoms with E-state index < -0.39 is 5.72 Å². The van der Waals surface area contributed by atoms with Crippen molar-refractivity contribution >= 4 is 5.91 Å². The number of hydrogen-bond acceptors (Lipinski definition) is 4. The van der Waals surface area contributed by atoms with Crippen LogP contribution < -0.4 is 5.48 Å². The van der Waals surface area contributed by atoms with Crippen molar-refractivity contribution in [2.24, 2.45) is 0 Å². The Hall–Kier alpha value is -0.650. The lowest BCUT2D eigenvalue weighted by Gasteiger charge is -2.50. The Morgan fingerprint density at radius 3 is 3.13 bits per heavy atom. The number of nitrogens with zero attached hydrogens (tertiary/aromatic N) is 1. The van der Waals surface area contributed by atoms with Crippen LogP contribution in [0.1, 0.15) is 32.1 Å². The van der Waals surface area contributed by atoms with Gasteiger partial charge in [-0.25, -0.2) is 0 Å². The molecule has 2 N–H and O–H groups in total. The monoisotopic (exact) mass is 214 g/mol. The quantitative estimate of drug-likeness (QED) is 0.635. The van der Waals surface area contributed by atoms with E-state index in [1.54, 1.807) is 4.90 Å². The number of piperidine rings is 2. The molecule has 2 saturated heterocycles. The third-order valence-corrected chi connectivity index (χ3v) is 3.40. The van der Waals surface area contributed by atoms with Crippen molar-refractivity contribution in [3.05, 3.63) is 0 Å². The van der Waals surface area contributed by atoms with Gasteiger partial charge in [0.05, 0.1) is 13.2 Å². The minimum absolute atomic E-state index is 0.0614. The molecule has 1 unspecified atom stereocenters. The first-order valence-electron chi connectivity index (χ1n) is 5.50. The van der Waals surface area contributed by atoms with Crippen LogP contribution in [0.2, 0.25) is 0 Å². The lowest BCUT2D eigenvalue weighted by atomic mass is 9.85. The fourth-order valence-electron chi connectivity index (χ4n) is 2.65. The van der Waals surface area contributed by atoms with Crippen LogP contribution in [0, 0.1) is 0 Å². The Morgan fingerprint density at radius 1 is 1.60 bits per heavy atom. The van der Waals surface area contributed by atoms with Crippen molar-refractivity contribution < 1.29 is 14.7 Å². The molecule has 2 aliphatic rings. The summed E-state index contributed by atoms with van der Waals surface area (Å²) in [7, 11) is 1.53. The Morgan fingerprint density at radius 2 is 2.40 bits per heavy atom. The predicted octanol–water partition coefficient (Wildman–Crippen LogP) is 0.000900. The molecule has 0 aliphatic carbocycles. The predicted molar refractivity (Wildman–Crippen MR) is 53.7 cm³/mol. The van der Waals surface area contributed by atoms with Crippen LogP contribution in [0.5, 0.6) is 0 Å². The summed E-state index contributed by atoms with van der Waals surface area (Å²) in [4.78, 5) is 18.2. The van der Waals surface area contributed by atoms with Crippen LogP contribution in [0.3, 0.4) is 0 Å². The number of nitrogens with one attached hydrogen (secondary N) is 1. The zero-order valence-corrected chi connectivity index (χ0v) is 9.03. The number of carbonyl (C=O) groups excluding carboxylic acids is 1. The van der Waals surface area contributed by atoms with Crippen molar-refractivity contribution in [2.75, 3.05) is 13.7 Å². The number of carbonyl (C=O) groups is 1. The highest BCUT2D eigenvalue weighted by Crippen LogP contribution is 2.35. The summed E-state index contributed by atoms with van der Waals surface area (Å²) in [5.41, 5.74) is 1.76. The second kappa shape index (κ2) is 4.08. The Kier molecular flexibility index (Phi) is 2.95. The summed E-state index contributed by atoms with van der Waals surface area (Å²) >= 11 is 0. The maximum Gasteiger partial charge on any atom is 0.224 e. The van der Waals surface area contributed by atoms with Crippen molar-refractivity contribution in [1.29, 1.82) is 0 Å². The molecule has 2 atom stereocenters. The van der Waals surface area contributed by atoms with Crippen LogP contribution >= 0.6 is 0 Å². The number of amides is 1. The largest absolute Gasteiger partial charge is 0.369 e. The molecule has 0 bridgehead atoms. The van der Waals surface area contributed by atoms with E-state index in [9.17, 15) is 9.90 Å². The average Bonchev–Trinajstić information content (AvgIpc) is 2.20. The van der Waals surface area contributed by atoms with E-state index in [0.29, 0.717) is 19.4 Å². The normalized spacial score (nSPS) is 36.5. The van der Waals surface area contributed by atoms with Crippen LogP contribution in [0.4, 0.5) is 0 Å². The summed E-state index contributed by atoms with van der Waals surface area (Å²) in [5, 5.41) is 10.5. The Balaban J connectivity index is 2.18. The fourth-order valence-corrected chi connectivity index (χ4v) is 2.65. The highest BCUT2D eigenvalue weighted by molar-refractivity contribution is 5.78. The van der Waals surface area contributed by atoms with E-state index in [1.165, 1.54) is 7.11 Å². The second-order valence-corrected chi connectivity index (χ2v) is 4.29. The molecule has 2 aliphatic heterocycles. The van der Waals surface area contributed by atoms with Crippen LogP contribution in [0.25, 0.3) is 0 Å². The standard InChI is InChI=1S/C10H18N2O3/c1-15-11-8-4-3-7-12-9(13)5-2-6-10(8,12)14/h8,11,14H,2-7H2,1H3/t8-,10?/m0/s1. The van der Waals surface area contributed by atoms with Gasteiger partial charge >= 0.3 is 0 Å². The maximum atomic E-state index is 11.7. The molecule has 15 heavy (non-hydrogen) atoms. The first-order chi connectivity index (χ1) is 7.18. The molecule has 5 nitrogen and oxygen atoms in total. The van der Waals surface area contributed by atoms with Gasteiger partial charge in [0.1, 0.15) is 0 Å². The molecule has 1 amide bonds. The molecule has 0 aromatic carbocycles. The summed E-state index contributed by atoms with van der Waals surface area (Å²) < 4.78 is 0. The van der Waals surface area contributed by atoms with E-state index in [1.807, 2.05) is 0 Å². The van der Waals surface area contributed by atoms with Crippen LogP contribution in [-0.4, -0.2) is 41.3 Å². The molecule has 0 spiro atoms. The van der Waals surface area contributed by atoms with Gasteiger partial charge in [-0.2, -0.15) is 5.48 Å². The first-order valence-corrected chi connectivity index (χ1v) is 5.50. The van der Waals surface area contributed by atoms with Gasteiger partial charge in [-0.1, -0.05) is 0 Å². The lowest BCUT2D eigenvalue weighted by molar-refractivity contribution is -0.201. The molecule has 2 heterocycles. The molecular formula is C10H18N2O3. The molecule has 0 aromatic heterocycles. The third kappa shape index (κ3) is 1.75. The van der Waals surface area contributed by atoms with Gasteiger partial charge < -0.3 is 14.8 Å².